The number of carbonyl (C=O) groups excluding carboxylic acids is 1. The molecule has 2 unspecified atom stereocenters. The third-order valence-corrected chi connectivity index (χ3v) is 4.61. The SMILES string of the molecule is CC(=O)CN(C)CC#Cc1cnc(N2C3CCC2CN(C)C3)nc1. The van der Waals surface area contributed by atoms with Gasteiger partial charge in [-0.2, -0.15) is 0 Å². The van der Waals surface area contributed by atoms with Crippen molar-refractivity contribution >= 4 is 11.7 Å². The maximum atomic E-state index is 11.0. The van der Waals surface area contributed by atoms with Gasteiger partial charge in [0.25, 0.3) is 0 Å². The van der Waals surface area contributed by atoms with Gasteiger partial charge >= 0.3 is 0 Å². The summed E-state index contributed by atoms with van der Waals surface area (Å²) in [5.41, 5.74) is 0.816. The number of fused-ring (bicyclic) bond motifs is 2. The van der Waals surface area contributed by atoms with Gasteiger partial charge in [0.05, 0.1) is 18.7 Å². The van der Waals surface area contributed by atoms with E-state index in [1.165, 1.54) is 12.8 Å². The lowest BCUT2D eigenvalue weighted by Crippen LogP contribution is -2.53. The molecule has 2 aliphatic heterocycles. The summed E-state index contributed by atoms with van der Waals surface area (Å²) < 4.78 is 0. The highest BCUT2D eigenvalue weighted by Gasteiger charge is 2.39. The van der Waals surface area contributed by atoms with Crippen LogP contribution in [0.4, 0.5) is 5.95 Å². The second-order valence-corrected chi connectivity index (χ2v) is 6.96. The fourth-order valence-corrected chi connectivity index (χ4v) is 3.67. The van der Waals surface area contributed by atoms with Gasteiger partial charge in [0.2, 0.25) is 5.95 Å². The Bertz CT molecular complexity index is 634. The molecule has 2 saturated heterocycles. The van der Waals surface area contributed by atoms with E-state index in [4.69, 9.17) is 0 Å². The fraction of sp³-hybridized carbons (Fsp3) is 0.611. The molecule has 0 N–H and O–H groups in total. The lowest BCUT2D eigenvalue weighted by Gasteiger charge is -2.39. The minimum Gasteiger partial charge on any atom is -0.332 e. The highest BCUT2D eigenvalue weighted by molar-refractivity contribution is 5.77. The lowest BCUT2D eigenvalue weighted by molar-refractivity contribution is -0.117. The smallest absolute Gasteiger partial charge is 0.225 e. The van der Waals surface area contributed by atoms with Gasteiger partial charge in [0, 0.05) is 37.6 Å². The monoisotopic (exact) mass is 327 g/mol. The average molecular weight is 327 g/mol. The molecule has 1 aromatic rings. The van der Waals surface area contributed by atoms with Crippen molar-refractivity contribution in [2.75, 3.05) is 45.2 Å². The van der Waals surface area contributed by atoms with Crippen molar-refractivity contribution in [1.29, 1.82) is 0 Å². The van der Waals surface area contributed by atoms with Gasteiger partial charge in [-0.05, 0) is 33.9 Å². The first-order chi connectivity index (χ1) is 11.5. The van der Waals surface area contributed by atoms with Crippen LogP contribution < -0.4 is 4.90 Å². The normalized spacial score (nSPS) is 23.2. The molecule has 1 aromatic heterocycles. The molecule has 0 aromatic carbocycles. The quantitative estimate of drug-likeness (QED) is 0.756. The van der Waals surface area contributed by atoms with E-state index in [0.29, 0.717) is 25.2 Å². The van der Waals surface area contributed by atoms with Crippen molar-refractivity contribution in [2.45, 2.75) is 31.8 Å². The Morgan fingerprint density at radius 1 is 1.29 bits per heavy atom. The molecule has 3 rings (SSSR count). The topological polar surface area (TPSA) is 52.6 Å². The van der Waals surface area contributed by atoms with Gasteiger partial charge in [0.1, 0.15) is 5.78 Å². The number of likely N-dealkylation sites (tertiary alicyclic amines) is 1. The molecule has 0 spiro atoms. The number of hydrogen-bond acceptors (Lipinski definition) is 6. The summed E-state index contributed by atoms with van der Waals surface area (Å²) in [6.07, 6.45) is 6.06. The summed E-state index contributed by atoms with van der Waals surface area (Å²) >= 11 is 0. The van der Waals surface area contributed by atoms with Crippen molar-refractivity contribution in [2.24, 2.45) is 0 Å². The number of ketones is 1. The van der Waals surface area contributed by atoms with Crippen LogP contribution >= 0.6 is 0 Å². The number of carbonyl (C=O) groups is 1. The summed E-state index contributed by atoms with van der Waals surface area (Å²) in [4.78, 5) is 26.8. The summed E-state index contributed by atoms with van der Waals surface area (Å²) in [7, 11) is 4.07. The Balaban J connectivity index is 1.61. The minimum absolute atomic E-state index is 0.147. The third-order valence-electron chi connectivity index (χ3n) is 4.61. The molecule has 24 heavy (non-hydrogen) atoms. The molecule has 3 heterocycles. The van der Waals surface area contributed by atoms with Gasteiger partial charge in [-0.25, -0.2) is 9.97 Å². The zero-order chi connectivity index (χ0) is 17.1. The van der Waals surface area contributed by atoms with E-state index < -0.39 is 0 Å². The first-order valence-corrected chi connectivity index (χ1v) is 8.48. The van der Waals surface area contributed by atoms with E-state index in [-0.39, 0.29) is 5.78 Å². The van der Waals surface area contributed by atoms with Crippen LogP contribution in [0.25, 0.3) is 0 Å². The zero-order valence-electron chi connectivity index (χ0n) is 14.7. The summed E-state index contributed by atoms with van der Waals surface area (Å²) in [6, 6.07) is 1.07. The molecule has 2 aliphatic rings. The largest absolute Gasteiger partial charge is 0.332 e. The first-order valence-electron chi connectivity index (χ1n) is 8.48. The fourth-order valence-electron chi connectivity index (χ4n) is 3.67. The second-order valence-electron chi connectivity index (χ2n) is 6.96. The van der Waals surface area contributed by atoms with Gasteiger partial charge in [-0.1, -0.05) is 11.8 Å². The van der Waals surface area contributed by atoms with E-state index >= 15 is 0 Å². The van der Waals surface area contributed by atoms with Crippen LogP contribution in [0.5, 0.6) is 0 Å². The van der Waals surface area contributed by atoms with E-state index in [2.05, 4.69) is 38.7 Å². The molecule has 128 valence electrons. The summed E-state index contributed by atoms with van der Waals surface area (Å²) in [5.74, 6) is 7.11. The molecule has 0 saturated carbocycles. The van der Waals surface area contributed by atoms with Gasteiger partial charge in [0.15, 0.2) is 0 Å². The highest BCUT2D eigenvalue weighted by Crippen LogP contribution is 2.32. The molecular formula is C18H25N5O. The molecule has 2 bridgehead atoms. The standard InChI is InChI=1S/C18H25N5O/c1-14(24)11-21(2)8-4-5-15-9-19-18(20-10-15)23-16-6-7-17(23)13-22(3)12-16/h9-10,16-17H,6-8,11-13H2,1-3H3. The highest BCUT2D eigenvalue weighted by atomic mass is 16.1. The Labute approximate surface area is 143 Å². The minimum atomic E-state index is 0.147. The van der Waals surface area contributed by atoms with Crippen LogP contribution in [0.2, 0.25) is 0 Å². The van der Waals surface area contributed by atoms with Crippen LogP contribution in [-0.2, 0) is 4.79 Å². The summed E-state index contributed by atoms with van der Waals surface area (Å²) in [5, 5.41) is 0. The van der Waals surface area contributed by atoms with E-state index in [1.54, 1.807) is 19.3 Å². The van der Waals surface area contributed by atoms with Crippen molar-refractivity contribution in [3.63, 3.8) is 0 Å². The van der Waals surface area contributed by atoms with E-state index in [9.17, 15) is 4.79 Å². The Morgan fingerprint density at radius 3 is 2.50 bits per heavy atom. The number of nitrogens with zero attached hydrogens (tertiary/aromatic N) is 5. The molecule has 0 radical (unpaired) electrons. The first kappa shape index (κ1) is 16.9. The molecule has 6 nitrogen and oxygen atoms in total. The number of anilines is 1. The van der Waals surface area contributed by atoms with Crippen molar-refractivity contribution < 1.29 is 4.79 Å². The maximum absolute atomic E-state index is 11.0. The van der Waals surface area contributed by atoms with Crippen LogP contribution in [0, 0.1) is 11.8 Å². The van der Waals surface area contributed by atoms with Crippen molar-refractivity contribution in [3.8, 4) is 11.8 Å². The Kier molecular flexibility index (Phi) is 5.12. The number of likely N-dealkylation sites (N-methyl/N-ethyl adjacent to an activating group) is 2. The molecule has 0 amide bonds. The van der Waals surface area contributed by atoms with Gasteiger partial charge in [-0.15, -0.1) is 0 Å². The van der Waals surface area contributed by atoms with Crippen molar-refractivity contribution in [3.05, 3.63) is 18.0 Å². The van der Waals surface area contributed by atoms with E-state index in [1.807, 2.05) is 11.9 Å². The second kappa shape index (κ2) is 7.29. The number of piperazine rings is 1. The van der Waals surface area contributed by atoms with Gasteiger partial charge in [-0.3, -0.25) is 9.69 Å². The Hall–Kier alpha value is -1.97. The number of aromatic nitrogens is 2. The van der Waals surface area contributed by atoms with Crippen LogP contribution in [-0.4, -0.2) is 77.9 Å². The van der Waals surface area contributed by atoms with Crippen LogP contribution in [0.15, 0.2) is 12.4 Å². The summed E-state index contributed by atoms with van der Waals surface area (Å²) in [6.45, 7) is 4.75. The molecule has 2 fully saturated rings. The predicted octanol–water partition coefficient (Wildman–Crippen LogP) is 0.632. The van der Waals surface area contributed by atoms with Crippen LogP contribution in [0.3, 0.4) is 0 Å². The predicted molar refractivity (Wildman–Crippen MR) is 93.9 cm³/mol. The number of rotatable bonds is 4. The number of hydrogen-bond donors (Lipinski definition) is 0. The third kappa shape index (κ3) is 3.92. The maximum Gasteiger partial charge on any atom is 0.225 e. The Morgan fingerprint density at radius 2 is 1.92 bits per heavy atom. The van der Waals surface area contributed by atoms with Gasteiger partial charge < -0.3 is 9.80 Å². The number of Topliss-reactive ketones (excluding diaryl/α,β-unsaturated/α-hetero) is 1. The molecule has 6 heteroatoms. The van der Waals surface area contributed by atoms with Crippen molar-refractivity contribution in [1.82, 2.24) is 19.8 Å². The molecule has 2 atom stereocenters. The zero-order valence-corrected chi connectivity index (χ0v) is 14.7. The average Bonchev–Trinajstić information content (AvgIpc) is 2.79. The molecular weight excluding hydrogens is 302 g/mol. The lowest BCUT2D eigenvalue weighted by atomic mass is 10.2. The van der Waals surface area contributed by atoms with E-state index in [0.717, 1.165) is 24.6 Å². The van der Waals surface area contributed by atoms with Crippen LogP contribution in [0.1, 0.15) is 25.3 Å². The molecule has 0 aliphatic carbocycles.